The number of hydrogen-bond acceptors (Lipinski definition) is 3. The van der Waals surface area contributed by atoms with Crippen molar-refractivity contribution in [3.05, 3.63) is 0 Å². The van der Waals surface area contributed by atoms with E-state index >= 15 is 0 Å². The van der Waals surface area contributed by atoms with E-state index in [4.69, 9.17) is 0 Å². The molecule has 0 fully saturated rings. The summed E-state index contributed by atoms with van der Waals surface area (Å²) in [6.07, 6.45) is 1.46. The first-order valence-electron chi connectivity index (χ1n) is 2.93. The van der Waals surface area contributed by atoms with E-state index in [0.29, 0.717) is 0 Å². The maximum atomic E-state index is 4.61. The molecule has 0 bridgehead atoms. The fourth-order valence-corrected chi connectivity index (χ4v) is 0.385. The quantitative estimate of drug-likeness (QED) is 0.402. The summed E-state index contributed by atoms with van der Waals surface area (Å²) in [4.78, 5) is 6.02. The average molecular weight is 130 g/mol. The van der Waals surface area contributed by atoms with Crippen molar-refractivity contribution in [3.8, 4) is 0 Å². The Kier molecular flexibility index (Phi) is 5.21. The zero-order chi connectivity index (χ0) is 7.11. The lowest BCUT2D eigenvalue weighted by Crippen LogP contribution is -2.15. The lowest BCUT2D eigenvalue weighted by Gasteiger charge is -2.04. The summed E-state index contributed by atoms with van der Waals surface area (Å²) in [5.74, 6) is 0. The fourth-order valence-electron chi connectivity index (χ4n) is 0.385. The van der Waals surface area contributed by atoms with Gasteiger partial charge < -0.3 is 9.64 Å². The van der Waals surface area contributed by atoms with E-state index in [1.807, 2.05) is 14.1 Å². The van der Waals surface area contributed by atoms with Crippen molar-refractivity contribution in [3.63, 3.8) is 0 Å². The molecule has 3 heteroatoms. The zero-order valence-electron chi connectivity index (χ0n) is 6.29. The highest BCUT2D eigenvalue weighted by Gasteiger charge is 1.83. The molecular formula is C6H14N2O. The standard InChI is InChI=1S/C6H14N2O/c1-8(2)5-4-7-6-9-3/h6H,4-5H2,1-3H3/b7-6+. The van der Waals surface area contributed by atoms with Crippen LogP contribution in [0.15, 0.2) is 4.99 Å². The topological polar surface area (TPSA) is 24.8 Å². The monoisotopic (exact) mass is 130 g/mol. The Hall–Kier alpha value is -0.570. The van der Waals surface area contributed by atoms with Crippen LogP contribution >= 0.6 is 0 Å². The van der Waals surface area contributed by atoms with E-state index in [1.54, 1.807) is 7.11 Å². The number of nitrogens with zero attached hydrogens (tertiary/aromatic N) is 2. The number of hydrogen-bond donors (Lipinski definition) is 0. The van der Waals surface area contributed by atoms with E-state index in [9.17, 15) is 0 Å². The van der Waals surface area contributed by atoms with Gasteiger partial charge in [0.25, 0.3) is 0 Å². The summed E-state index contributed by atoms with van der Waals surface area (Å²) < 4.78 is 4.61. The van der Waals surface area contributed by atoms with Gasteiger partial charge in [-0.25, -0.2) is 0 Å². The summed E-state index contributed by atoms with van der Waals surface area (Å²) in [7, 11) is 5.63. The highest BCUT2D eigenvalue weighted by molar-refractivity contribution is 5.45. The van der Waals surface area contributed by atoms with Gasteiger partial charge in [0.2, 0.25) is 0 Å². The highest BCUT2D eigenvalue weighted by atomic mass is 16.5. The Morgan fingerprint density at radius 3 is 2.67 bits per heavy atom. The molecule has 0 saturated heterocycles. The van der Waals surface area contributed by atoms with Crippen molar-refractivity contribution in [1.82, 2.24) is 4.90 Å². The largest absolute Gasteiger partial charge is 0.487 e. The lowest BCUT2D eigenvalue weighted by atomic mass is 10.6. The van der Waals surface area contributed by atoms with Gasteiger partial charge in [-0.1, -0.05) is 0 Å². The number of aliphatic imine (C=N–C) groups is 1. The van der Waals surface area contributed by atoms with Gasteiger partial charge in [0.1, 0.15) is 0 Å². The van der Waals surface area contributed by atoms with E-state index in [-0.39, 0.29) is 0 Å². The second kappa shape index (κ2) is 5.56. The molecule has 0 aliphatic heterocycles. The van der Waals surface area contributed by atoms with Crippen LogP contribution in [-0.4, -0.2) is 45.6 Å². The number of methoxy groups -OCH3 is 1. The number of likely N-dealkylation sites (N-methyl/N-ethyl adjacent to an activating group) is 1. The first kappa shape index (κ1) is 8.43. The van der Waals surface area contributed by atoms with Gasteiger partial charge in [-0.3, -0.25) is 4.99 Å². The van der Waals surface area contributed by atoms with Gasteiger partial charge in [-0.2, -0.15) is 0 Å². The third-order valence-corrected chi connectivity index (χ3v) is 0.856. The van der Waals surface area contributed by atoms with Crippen molar-refractivity contribution >= 4 is 6.40 Å². The molecule has 0 heterocycles. The summed E-state index contributed by atoms with van der Waals surface area (Å²) in [5.41, 5.74) is 0. The second-order valence-electron chi connectivity index (χ2n) is 2.05. The number of ether oxygens (including phenoxy) is 1. The Labute approximate surface area is 56.3 Å². The third kappa shape index (κ3) is 7.43. The summed E-state index contributed by atoms with van der Waals surface area (Å²) in [6, 6.07) is 0. The Balaban J connectivity index is 2.99. The Morgan fingerprint density at radius 2 is 2.22 bits per heavy atom. The van der Waals surface area contributed by atoms with Crippen LogP contribution < -0.4 is 0 Å². The summed E-state index contributed by atoms with van der Waals surface area (Å²) in [5, 5.41) is 0. The SMILES string of the molecule is CO/C=N/CCN(C)C. The fraction of sp³-hybridized carbons (Fsp3) is 0.833. The van der Waals surface area contributed by atoms with Gasteiger partial charge in [0.05, 0.1) is 13.7 Å². The molecule has 0 amide bonds. The van der Waals surface area contributed by atoms with Crippen LogP contribution in [0.3, 0.4) is 0 Å². The van der Waals surface area contributed by atoms with E-state index in [0.717, 1.165) is 13.1 Å². The zero-order valence-corrected chi connectivity index (χ0v) is 6.29. The van der Waals surface area contributed by atoms with Crippen molar-refractivity contribution < 1.29 is 4.74 Å². The minimum absolute atomic E-state index is 0.806. The van der Waals surface area contributed by atoms with E-state index in [2.05, 4.69) is 14.6 Å². The molecule has 0 radical (unpaired) electrons. The first-order chi connectivity index (χ1) is 4.27. The molecule has 0 saturated carbocycles. The van der Waals surface area contributed by atoms with Crippen molar-refractivity contribution in [2.45, 2.75) is 0 Å². The molecule has 0 aromatic carbocycles. The highest BCUT2D eigenvalue weighted by Crippen LogP contribution is 1.73. The van der Waals surface area contributed by atoms with E-state index in [1.165, 1.54) is 6.40 Å². The predicted octanol–water partition coefficient (Wildman–Crippen LogP) is 0.223. The Morgan fingerprint density at radius 1 is 1.56 bits per heavy atom. The van der Waals surface area contributed by atoms with Gasteiger partial charge in [-0.05, 0) is 14.1 Å². The van der Waals surface area contributed by atoms with Gasteiger partial charge in [-0.15, -0.1) is 0 Å². The average Bonchev–Trinajstić information content (AvgIpc) is 1.80. The molecule has 0 spiro atoms. The van der Waals surface area contributed by atoms with Crippen LogP contribution in [0, 0.1) is 0 Å². The molecular weight excluding hydrogens is 116 g/mol. The van der Waals surface area contributed by atoms with Crippen molar-refractivity contribution in [2.75, 3.05) is 34.3 Å². The molecule has 0 atom stereocenters. The molecule has 0 rings (SSSR count). The minimum Gasteiger partial charge on any atom is -0.487 e. The molecule has 0 aromatic heterocycles. The van der Waals surface area contributed by atoms with Crippen LogP contribution in [0.25, 0.3) is 0 Å². The maximum Gasteiger partial charge on any atom is 0.169 e. The Bertz CT molecular complexity index is 81.1. The predicted molar refractivity (Wildman–Crippen MR) is 38.9 cm³/mol. The van der Waals surface area contributed by atoms with Crippen LogP contribution in [0.2, 0.25) is 0 Å². The van der Waals surface area contributed by atoms with Gasteiger partial charge in [0.15, 0.2) is 6.40 Å². The van der Waals surface area contributed by atoms with Crippen LogP contribution in [0.1, 0.15) is 0 Å². The van der Waals surface area contributed by atoms with Crippen molar-refractivity contribution in [2.24, 2.45) is 4.99 Å². The van der Waals surface area contributed by atoms with Crippen LogP contribution in [-0.2, 0) is 4.74 Å². The molecule has 0 N–H and O–H groups in total. The maximum absolute atomic E-state index is 4.61. The molecule has 0 aliphatic carbocycles. The molecule has 9 heavy (non-hydrogen) atoms. The smallest absolute Gasteiger partial charge is 0.169 e. The molecule has 0 unspecified atom stereocenters. The van der Waals surface area contributed by atoms with Crippen LogP contribution in [0.4, 0.5) is 0 Å². The third-order valence-electron chi connectivity index (χ3n) is 0.856. The van der Waals surface area contributed by atoms with Crippen molar-refractivity contribution in [1.29, 1.82) is 0 Å². The summed E-state index contributed by atoms with van der Waals surface area (Å²) in [6.45, 7) is 1.78. The van der Waals surface area contributed by atoms with Gasteiger partial charge >= 0.3 is 0 Å². The summed E-state index contributed by atoms with van der Waals surface area (Å²) >= 11 is 0. The first-order valence-corrected chi connectivity index (χ1v) is 2.93. The second-order valence-corrected chi connectivity index (χ2v) is 2.05. The van der Waals surface area contributed by atoms with Gasteiger partial charge in [0, 0.05) is 6.54 Å². The molecule has 0 aliphatic rings. The lowest BCUT2D eigenvalue weighted by molar-refractivity contribution is 0.405. The molecule has 54 valence electrons. The van der Waals surface area contributed by atoms with E-state index < -0.39 is 0 Å². The number of rotatable bonds is 4. The van der Waals surface area contributed by atoms with Crippen LogP contribution in [0.5, 0.6) is 0 Å². The minimum atomic E-state index is 0.806. The molecule has 0 aromatic rings. The normalized spacial score (nSPS) is 11.1. The molecule has 3 nitrogen and oxygen atoms in total.